The third kappa shape index (κ3) is 2.81. The Balaban J connectivity index is 2.47. The summed E-state index contributed by atoms with van der Waals surface area (Å²) in [6.07, 6.45) is 0. The maximum Gasteiger partial charge on any atom is 0.213 e. The van der Waals surface area contributed by atoms with Gasteiger partial charge in [0.15, 0.2) is 11.5 Å². The summed E-state index contributed by atoms with van der Waals surface area (Å²) in [5.74, 6) is 0.733. The molecule has 0 bridgehead atoms. The van der Waals surface area contributed by atoms with Crippen LogP contribution in [-0.2, 0) is 0 Å². The number of nitrogens with two attached hydrogens (primary N) is 1. The van der Waals surface area contributed by atoms with E-state index in [1.807, 2.05) is 19.9 Å². The van der Waals surface area contributed by atoms with Crippen LogP contribution in [-0.4, -0.2) is 10.1 Å². The number of nitriles is 1. The molecule has 2 rings (SSSR count). The average molecular weight is 283 g/mol. The second kappa shape index (κ2) is 5.81. The lowest BCUT2D eigenvalue weighted by Crippen LogP contribution is -2.16. The average Bonchev–Trinajstić information content (AvgIpc) is 2.90. The van der Waals surface area contributed by atoms with E-state index < -0.39 is 6.04 Å². The van der Waals surface area contributed by atoms with Gasteiger partial charge < -0.3 is 15.3 Å². The van der Waals surface area contributed by atoms with E-state index >= 15 is 0 Å². The van der Waals surface area contributed by atoms with Crippen molar-refractivity contribution in [3.8, 4) is 11.8 Å². The molecule has 0 aliphatic carbocycles. The molecule has 0 saturated heterocycles. The van der Waals surface area contributed by atoms with Gasteiger partial charge in [-0.15, -0.1) is 0 Å². The number of aromatic hydroxyl groups is 1. The van der Waals surface area contributed by atoms with Crippen LogP contribution in [0.1, 0.15) is 42.8 Å². The zero-order valence-corrected chi connectivity index (χ0v) is 12.0. The summed E-state index contributed by atoms with van der Waals surface area (Å²) in [5.41, 5.74) is 7.02. The summed E-state index contributed by atoms with van der Waals surface area (Å²) in [6, 6.07) is 8.29. The zero-order valence-electron chi connectivity index (χ0n) is 12.0. The number of phenolic OH excluding ortho intramolecular Hbond substituents is 1. The highest BCUT2D eigenvalue weighted by Crippen LogP contribution is 2.32. The lowest BCUT2D eigenvalue weighted by atomic mass is 10.0. The molecule has 1 aromatic heterocycles. The van der Waals surface area contributed by atoms with E-state index in [0.29, 0.717) is 17.0 Å². The molecule has 5 nitrogen and oxygen atoms in total. The number of oxazole rings is 1. The molecule has 3 N–H and O–H groups in total. The largest absolute Gasteiger partial charge is 0.507 e. The fourth-order valence-corrected chi connectivity index (χ4v) is 1.90. The maximum absolute atomic E-state index is 9.88. The molecule has 0 radical (unpaired) electrons. The Morgan fingerprint density at radius 1 is 1.43 bits per heavy atom. The first-order valence-corrected chi connectivity index (χ1v) is 6.59. The van der Waals surface area contributed by atoms with Gasteiger partial charge in [0.05, 0.1) is 6.04 Å². The first-order valence-electron chi connectivity index (χ1n) is 6.59. The Labute approximate surface area is 123 Å². The molecule has 0 spiro atoms. The summed E-state index contributed by atoms with van der Waals surface area (Å²) >= 11 is 0. The molecule has 1 aromatic carbocycles. The number of hydrogen-bond donors (Lipinski definition) is 2. The lowest BCUT2D eigenvalue weighted by Gasteiger charge is -2.10. The number of benzene rings is 1. The molecule has 0 aliphatic heterocycles. The van der Waals surface area contributed by atoms with Crippen molar-refractivity contribution in [1.29, 1.82) is 5.26 Å². The molecule has 0 amide bonds. The predicted octanol–water partition coefficient (Wildman–Crippen LogP) is 2.97. The molecule has 0 aliphatic rings. The van der Waals surface area contributed by atoms with E-state index in [1.54, 1.807) is 24.3 Å². The van der Waals surface area contributed by atoms with Crippen LogP contribution in [0.25, 0.3) is 5.57 Å². The van der Waals surface area contributed by atoms with E-state index in [2.05, 4.69) is 11.6 Å². The highest BCUT2D eigenvalue weighted by molar-refractivity contribution is 5.80. The highest BCUT2D eigenvalue weighted by Gasteiger charge is 2.23. The molecule has 0 fully saturated rings. The Hall–Kier alpha value is -2.58. The molecule has 21 heavy (non-hydrogen) atoms. The minimum Gasteiger partial charge on any atom is -0.507 e. The molecular weight excluding hydrogens is 266 g/mol. The number of aromatic nitrogens is 1. The summed E-state index contributed by atoms with van der Waals surface area (Å²) < 4.78 is 5.63. The lowest BCUT2D eigenvalue weighted by molar-refractivity contribution is 0.384. The van der Waals surface area contributed by atoms with Crippen molar-refractivity contribution in [2.45, 2.75) is 19.9 Å². The van der Waals surface area contributed by atoms with Gasteiger partial charge in [-0.1, -0.05) is 38.6 Å². The number of rotatable bonds is 4. The van der Waals surface area contributed by atoms with Gasteiger partial charge in [-0.25, -0.2) is 4.98 Å². The van der Waals surface area contributed by atoms with E-state index in [4.69, 9.17) is 10.2 Å². The Kier molecular flexibility index (Phi) is 4.10. The van der Waals surface area contributed by atoms with Crippen molar-refractivity contribution < 1.29 is 9.52 Å². The third-order valence-corrected chi connectivity index (χ3v) is 3.26. The normalized spacial score (nSPS) is 12.1. The van der Waals surface area contributed by atoms with Crippen LogP contribution in [0.5, 0.6) is 5.75 Å². The van der Waals surface area contributed by atoms with Gasteiger partial charge in [-0.2, -0.15) is 5.26 Å². The van der Waals surface area contributed by atoms with Crippen molar-refractivity contribution in [2.24, 2.45) is 11.7 Å². The fraction of sp³-hybridized carbons (Fsp3) is 0.250. The summed E-state index contributed by atoms with van der Waals surface area (Å²) in [4.78, 5) is 4.13. The Morgan fingerprint density at radius 3 is 2.67 bits per heavy atom. The van der Waals surface area contributed by atoms with Gasteiger partial charge in [0.25, 0.3) is 0 Å². The van der Waals surface area contributed by atoms with Gasteiger partial charge in [0.2, 0.25) is 5.89 Å². The molecule has 2 aromatic rings. The van der Waals surface area contributed by atoms with Crippen molar-refractivity contribution in [2.75, 3.05) is 0 Å². The SMILES string of the molecule is C=C(c1ccccc1O)c1oc(C(N)C(C)C)nc1C#N. The maximum atomic E-state index is 9.88. The Bertz CT molecular complexity index is 711. The number of nitrogens with zero attached hydrogens (tertiary/aromatic N) is 2. The molecular formula is C16H17N3O2. The monoisotopic (exact) mass is 283 g/mol. The van der Waals surface area contributed by atoms with Crippen molar-refractivity contribution in [1.82, 2.24) is 4.98 Å². The van der Waals surface area contributed by atoms with E-state index in [1.165, 1.54) is 0 Å². The molecule has 5 heteroatoms. The fourth-order valence-electron chi connectivity index (χ4n) is 1.90. The summed E-state index contributed by atoms with van der Waals surface area (Å²) in [7, 11) is 0. The second-order valence-electron chi connectivity index (χ2n) is 5.11. The summed E-state index contributed by atoms with van der Waals surface area (Å²) in [5, 5.41) is 19.1. The quantitative estimate of drug-likeness (QED) is 0.899. The zero-order chi connectivity index (χ0) is 15.6. The molecule has 108 valence electrons. The molecule has 1 heterocycles. The first-order chi connectivity index (χ1) is 9.95. The van der Waals surface area contributed by atoms with Crippen LogP contribution >= 0.6 is 0 Å². The molecule has 1 atom stereocenters. The molecule has 1 unspecified atom stereocenters. The Morgan fingerprint density at radius 2 is 2.10 bits per heavy atom. The minimum atomic E-state index is -0.400. The number of hydrogen-bond acceptors (Lipinski definition) is 5. The van der Waals surface area contributed by atoms with Crippen LogP contribution in [0.15, 0.2) is 35.3 Å². The van der Waals surface area contributed by atoms with Crippen molar-refractivity contribution >= 4 is 5.57 Å². The third-order valence-electron chi connectivity index (χ3n) is 3.26. The van der Waals surface area contributed by atoms with Crippen molar-refractivity contribution in [3.05, 3.63) is 53.8 Å². The van der Waals surface area contributed by atoms with E-state index in [-0.39, 0.29) is 23.1 Å². The molecule has 0 saturated carbocycles. The minimum absolute atomic E-state index is 0.0671. The van der Waals surface area contributed by atoms with E-state index in [0.717, 1.165) is 0 Å². The van der Waals surface area contributed by atoms with Crippen LogP contribution in [0.2, 0.25) is 0 Å². The standard InChI is InChI=1S/C16H17N3O2/c1-9(2)14(18)16-19-12(8-17)15(21-16)10(3)11-6-4-5-7-13(11)20/h4-7,9,14,20H,3,18H2,1-2H3. The van der Waals surface area contributed by atoms with Gasteiger partial charge in [0, 0.05) is 11.1 Å². The van der Waals surface area contributed by atoms with Crippen LogP contribution in [0, 0.1) is 17.2 Å². The topological polar surface area (TPSA) is 96.1 Å². The van der Waals surface area contributed by atoms with Crippen LogP contribution in [0.4, 0.5) is 0 Å². The number of phenols is 1. The van der Waals surface area contributed by atoms with Crippen LogP contribution < -0.4 is 5.73 Å². The van der Waals surface area contributed by atoms with Crippen molar-refractivity contribution in [3.63, 3.8) is 0 Å². The number of para-hydroxylation sites is 1. The van der Waals surface area contributed by atoms with Gasteiger partial charge in [-0.05, 0) is 12.0 Å². The predicted molar refractivity (Wildman–Crippen MR) is 79.2 cm³/mol. The van der Waals surface area contributed by atoms with Gasteiger partial charge in [0.1, 0.15) is 11.8 Å². The summed E-state index contributed by atoms with van der Waals surface area (Å²) in [6.45, 7) is 7.78. The second-order valence-corrected chi connectivity index (χ2v) is 5.11. The highest BCUT2D eigenvalue weighted by atomic mass is 16.4. The van der Waals surface area contributed by atoms with Crippen LogP contribution in [0.3, 0.4) is 0 Å². The first kappa shape index (κ1) is 14.8. The smallest absolute Gasteiger partial charge is 0.213 e. The van der Waals surface area contributed by atoms with Gasteiger partial charge in [-0.3, -0.25) is 0 Å². The van der Waals surface area contributed by atoms with E-state index in [9.17, 15) is 10.4 Å². The van der Waals surface area contributed by atoms with Gasteiger partial charge >= 0.3 is 0 Å².